The molecule has 0 aliphatic rings. The molecule has 0 spiro atoms. The van der Waals surface area contributed by atoms with Crippen molar-refractivity contribution >= 4 is 48.1 Å². The molecule has 1 rings (SSSR count). The van der Waals surface area contributed by atoms with E-state index in [0.29, 0.717) is 17.9 Å². The summed E-state index contributed by atoms with van der Waals surface area (Å²) >= 11 is 5.58. The van der Waals surface area contributed by atoms with E-state index in [4.69, 9.17) is 5.73 Å². The van der Waals surface area contributed by atoms with Crippen molar-refractivity contribution in [2.24, 2.45) is 5.73 Å². The van der Waals surface area contributed by atoms with E-state index < -0.39 is 41.8 Å². The first-order valence-electron chi connectivity index (χ1n) is 8.71. The number of aliphatic carboxylic acids is 1. The van der Waals surface area contributed by atoms with Crippen LogP contribution >= 0.6 is 24.4 Å². The maximum absolute atomic E-state index is 12.3. The van der Waals surface area contributed by atoms with E-state index in [1.807, 2.05) is 6.26 Å². The number of thiol groups is 1. The van der Waals surface area contributed by atoms with Gasteiger partial charge in [-0.05, 0) is 18.4 Å². The SMILES string of the molecule is CSCCC(N)C(=O)NCC(=O)NC(CS)C(=O)NC(Cc1cnc[nH]1)C(=O)O. The first kappa shape index (κ1) is 24.8. The molecular weight excluding hydrogens is 420 g/mol. The van der Waals surface area contributed by atoms with Gasteiger partial charge in [-0.1, -0.05) is 0 Å². The Bertz CT molecular complexity index is 687. The predicted octanol–water partition coefficient (Wildman–Crippen LogP) is -1.87. The number of carboxylic acids is 1. The molecule has 7 N–H and O–H groups in total. The molecule has 29 heavy (non-hydrogen) atoms. The number of carbonyl (C=O) groups is 4. The molecule has 1 heterocycles. The van der Waals surface area contributed by atoms with Gasteiger partial charge in [-0.15, -0.1) is 0 Å². The lowest BCUT2D eigenvalue weighted by atomic mass is 10.1. The molecular formula is C16H26N6O5S2. The summed E-state index contributed by atoms with van der Waals surface area (Å²) in [6.45, 7) is -0.361. The summed E-state index contributed by atoms with van der Waals surface area (Å²) in [6.07, 6.45) is 5.22. The second-order valence-corrected chi connectivity index (χ2v) is 7.44. The Balaban J connectivity index is 2.53. The van der Waals surface area contributed by atoms with E-state index in [9.17, 15) is 24.3 Å². The van der Waals surface area contributed by atoms with Gasteiger partial charge in [0.2, 0.25) is 17.7 Å². The van der Waals surface area contributed by atoms with E-state index in [1.165, 1.54) is 12.5 Å². The van der Waals surface area contributed by atoms with E-state index in [0.717, 1.165) is 0 Å². The molecule has 3 atom stereocenters. The number of H-pyrrole nitrogens is 1. The summed E-state index contributed by atoms with van der Waals surface area (Å²) in [4.78, 5) is 54.1. The maximum Gasteiger partial charge on any atom is 0.326 e. The number of thioether (sulfide) groups is 1. The van der Waals surface area contributed by atoms with Crippen LogP contribution in [0.2, 0.25) is 0 Å². The first-order chi connectivity index (χ1) is 13.8. The smallest absolute Gasteiger partial charge is 0.326 e. The van der Waals surface area contributed by atoms with Crippen molar-refractivity contribution < 1.29 is 24.3 Å². The Kier molecular flexibility index (Phi) is 11.2. The molecule has 0 bridgehead atoms. The molecule has 0 saturated carbocycles. The zero-order valence-corrected chi connectivity index (χ0v) is 17.6. The Hall–Kier alpha value is -2.25. The molecule has 0 fully saturated rings. The van der Waals surface area contributed by atoms with E-state index in [2.05, 4.69) is 38.5 Å². The van der Waals surface area contributed by atoms with Gasteiger partial charge in [0.05, 0.1) is 18.9 Å². The molecule has 0 saturated heterocycles. The van der Waals surface area contributed by atoms with Gasteiger partial charge in [-0.25, -0.2) is 9.78 Å². The zero-order chi connectivity index (χ0) is 21.8. The molecule has 13 heteroatoms. The Morgan fingerprint density at radius 2 is 2.00 bits per heavy atom. The normalized spacial score (nSPS) is 13.8. The molecule has 0 radical (unpaired) electrons. The molecule has 0 aromatic carbocycles. The highest BCUT2D eigenvalue weighted by Gasteiger charge is 2.26. The van der Waals surface area contributed by atoms with Crippen LogP contribution in [-0.4, -0.2) is 81.2 Å². The number of aromatic nitrogens is 2. The van der Waals surface area contributed by atoms with Crippen LogP contribution in [-0.2, 0) is 25.6 Å². The van der Waals surface area contributed by atoms with Crippen molar-refractivity contribution in [3.63, 3.8) is 0 Å². The van der Waals surface area contributed by atoms with Crippen LogP contribution in [0.25, 0.3) is 0 Å². The van der Waals surface area contributed by atoms with Crippen molar-refractivity contribution in [2.75, 3.05) is 24.3 Å². The average Bonchev–Trinajstić information content (AvgIpc) is 3.20. The van der Waals surface area contributed by atoms with E-state index in [-0.39, 0.29) is 18.7 Å². The summed E-state index contributed by atoms with van der Waals surface area (Å²) in [7, 11) is 0. The number of aromatic amines is 1. The quantitative estimate of drug-likeness (QED) is 0.172. The number of nitrogens with two attached hydrogens (primary N) is 1. The molecule has 162 valence electrons. The van der Waals surface area contributed by atoms with Crippen LogP contribution in [0.4, 0.5) is 0 Å². The second kappa shape index (κ2) is 13.1. The van der Waals surface area contributed by atoms with Crippen LogP contribution in [0.1, 0.15) is 12.1 Å². The third kappa shape index (κ3) is 9.19. The summed E-state index contributed by atoms with van der Waals surface area (Å²) in [5.41, 5.74) is 6.24. The van der Waals surface area contributed by atoms with Gasteiger partial charge >= 0.3 is 5.97 Å². The second-order valence-electron chi connectivity index (χ2n) is 6.09. The minimum atomic E-state index is -1.23. The van der Waals surface area contributed by atoms with Gasteiger partial charge in [0, 0.05) is 24.1 Å². The molecule has 0 aliphatic heterocycles. The van der Waals surface area contributed by atoms with Crippen LogP contribution in [0.15, 0.2) is 12.5 Å². The minimum absolute atomic E-state index is 0.00168. The highest BCUT2D eigenvalue weighted by molar-refractivity contribution is 7.98. The highest BCUT2D eigenvalue weighted by atomic mass is 32.2. The summed E-state index contributed by atoms with van der Waals surface area (Å²) in [6, 6.07) is -3.01. The fourth-order valence-corrected chi connectivity index (χ4v) is 2.95. The molecule has 1 aromatic rings. The molecule has 0 aliphatic carbocycles. The van der Waals surface area contributed by atoms with Crippen LogP contribution in [0.3, 0.4) is 0 Å². The number of carboxylic acid groups (broad SMARTS) is 1. The molecule has 11 nitrogen and oxygen atoms in total. The third-order valence-corrected chi connectivity index (χ3v) is 4.83. The number of amides is 3. The van der Waals surface area contributed by atoms with Crippen LogP contribution < -0.4 is 21.7 Å². The van der Waals surface area contributed by atoms with Gasteiger partial charge in [0.1, 0.15) is 12.1 Å². The number of hydrogen-bond donors (Lipinski definition) is 7. The summed E-state index contributed by atoms with van der Waals surface area (Å²) in [5, 5.41) is 16.5. The predicted molar refractivity (Wildman–Crippen MR) is 112 cm³/mol. The monoisotopic (exact) mass is 446 g/mol. The zero-order valence-electron chi connectivity index (χ0n) is 15.9. The number of hydrogen-bond acceptors (Lipinski definition) is 8. The van der Waals surface area contributed by atoms with E-state index in [1.54, 1.807) is 11.8 Å². The standard InChI is InChI=1S/C16H26N6O5S2/c1-29-3-2-10(17)14(24)19-6-13(23)21-12(7-28)15(25)22-11(16(26)27)4-9-5-18-8-20-9/h5,8,10-12,28H,2-4,6-7,17H2,1H3,(H,18,20)(H,19,24)(H,21,23)(H,22,25)(H,26,27). The minimum Gasteiger partial charge on any atom is -0.480 e. The topological polar surface area (TPSA) is 179 Å². The van der Waals surface area contributed by atoms with Crippen molar-refractivity contribution in [1.82, 2.24) is 25.9 Å². The first-order valence-corrected chi connectivity index (χ1v) is 10.7. The Morgan fingerprint density at radius 1 is 1.28 bits per heavy atom. The van der Waals surface area contributed by atoms with Gasteiger partial charge in [-0.2, -0.15) is 24.4 Å². The number of carbonyl (C=O) groups excluding carboxylic acids is 3. The van der Waals surface area contributed by atoms with Crippen molar-refractivity contribution in [2.45, 2.75) is 31.0 Å². The fourth-order valence-electron chi connectivity index (χ4n) is 2.20. The van der Waals surface area contributed by atoms with Gasteiger partial charge in [0.25, 0.3) is 0 Å². The number of nitrogens with zero attached hydrogens (tertiary/aromatic N) is 1. The third-order valence-electron chi connectivity index (χ3n) is 3.82. The lowest BCUT2D eigenvalue weighted by Crippen LogP contribution is -2.54. The number of rotatable bonds is 13. The number of imidazole rings is 1. The Morgan fingerprint density at radius 3 is 2.55 bits per heavy atom. The van der Waals surface area contributed by atoms with E-state index >= 15 is 0 Å². The lowest BCUT2D eigenvalue weighted by Gasteiger charge is -2.20. The lowest BCUT2D eigenvalue weighted by molar-refractivity contribution is -0.142. The fraction of sp³-hybridized carbons (Fsp3) is 0.562. The molecule has 3 unspecified atom stereocenters. The summed E-state index contributed by atoms with van der Waals surface area (Å²) < 4.78 is 0. The van der Waals surface area contributed by atoms with Gasteiger partial charge in [0.15, 0.2) is 0 Å². The van der Waals surface area contributed by atoms with Crippen LogP contribution in [0.5, 0.6) is 0 Å². The Labute approximate surface area is 177 Å². The van der Waals surface area contributed by atoms with Crippen LogP contribution in [0, 0.1) is 0 Å². The maximum atomic E-state index is 12.3. The van der Waals surface area contributed by atoms with Crippen molar-refractivity contribution in [1.29, 1.82) is 0 Å². The average molecular weight is 447 g/mol. The van der Waals surface area contributed by atoms with Gasteiger partial charge < -0.3 is 31.8 Å². The molecule has 3 amide bonds. The van der Waals surface area contributed by atoms with Gasteiger partial charge in [-0.3, -0.25) is 14.4 Å². The van der Waals surface area contributed by atoms with Crippen molar-refractivity contribution in [3.8, 4) is 0 Å². The molecule has 1 aromatic heterocycles. The highest BCUT2D eigenvalue weighted by Crippen LogP contribution is 2.01. The summed E-state index contributed by atoms with van der Waals surface area (Å²) in [5.74, 6) is -2.37. The number of nitrogens with one attached hydrogen (secondary N) is 4. The van der Waals surface area contributed by atoms with Crippen molar-refractivity contribution in [3.05, 3.63) is 18.2 Å². The largest absolute Gasteiger partial charge is 0.480 e.